The lowest BCUT2D eigenvalue weighted by atomic mass is 10.00. The van der Waals surface area contributed by atoms with Crippen LogP contribution < -0.4 is 10.6 Å². The molecule has 27 heavy (non-hydrogen) atoms. The number of piperazine rings is 1. The Bertz CT molecular complexity index is 750. The number of benzene rings is 1. The minimum atomic E-state index is -0.00875. The summed E-state index contributed by atoms with van der Waals surface area (Å²) in [5.41, 5.74) is 2.46. The summed E-state index contributed by atoms with van der Waals surface area (Å²) in [5.74, 6) is 0.0131. The fourth-order valence-corrected chi connectivity index (χ4v) is 4.15. The van der Waals surface area contributed by atoms with Gasteiger partial charge < -0.3 is 20.4 Å². The number of nitrogens with one attached hydrogen (secondary N) is 2. The first kappa shape index (κ1) is 17.8. The normalized spacial score (nSPS) is 20.2. The van der Waals surface area contributed by atoms with Crippen LogP contribution in [-0.2, 0) is 11.2 Å². The van der Waals surface area contributed by atoms with E-state index < -0.39 is 0 Å². The zero-order valence-corrected chi connectivity index (χ0v) is 15.5. The number of anilines is 1. The van der Waals surface area contributed by atoms with Crippen LogP contribution in [0.1, 0.15) is 48.0 Å². The number of carbonyl (C=O) groups is 3. The number of hydrogen-bond donors (Lipinski definition) is 2. The molecule has 1 saturated heterocycles. The van der Waals surface area contributed by atoms with Gasteiger partial charge in [0.1, 0.15) is 0 Å². The molecule has 1 aliphatic carbocycles. The van der Waals surface area contributed by atoms with Gasteiger partial charge in [-0.3, -0.25) is 9.59 Å². The summed E-state index contributed by atoms with van der Waals surface area (Å²) in [6.45, 7) is 2.21. The van der Waals surface area contributed by atoms with Gasteiger partial charge in [-0.15, -0.1) is 0 Å². The average molecular weight is 370 g/mol. The van der Waals surface area contributed by atoms with E-state index in [1.807, 2.05) is 21.9 Å². The van der Waals surface area contributed by atoms with Crippen molar-refractivity contribution < 1.29 is 14.4 Å². The Hall–Kier alpha value is -2.57. The van der Waals surface area contributed by atoms with E-state index in [4.69, 9.17) is 0 Å². The van der Waals surface area contributed by atoms with E-state index in [2.05, 4.69) is 10.6 Å². The van der Waals surface area contributed by atoms with E-state index in [0.717, 1.165) is 24.1 Å². The molecule has 1 aromatic rings. The molecule has 2 N–H and O–H groups in total. The average Bonchev–Trinajstić information content (AvgIpc) is 3.20. The summed E-state index contributed by atoms with van der Waals surface area (Å²) in [7, 11) is 0. The molecule has 4 rings (SSSR count). The topological polar surface area (TPSA) is 81.8 Å². The molecule has 0 aromatic heterocycles. The number of urea groups is 1. The predicted molar refractivity (Wildman–Crippen MR) is 102 cm³/mol. The van der Waals surface area contributed by atoms with E-state index in [1.54, 1.807) is 6.07 Å². The lowest BCUT2D eigenvalue weighted by Gasteiger charge is -2.35. The van der Waals surface area contributed by atoms with E-state index in [-0.39, 0.29) is 17.8 Å². The van der Waals surface area contributed by atoms with Crippen LogP contribution in [0.4, 0.5) is 10.5 Å². The Morgan fingerprint density at radius 2 is 1.70 bits per heavy atom. The lowest BCUT2D eigenvalue weighted by Crippen LogP contribution is -2.54. The highest BCUT2D eigenvalue weighted by Gasteiger charge is 2.27. The number of amides is 4. The van der Waals surface area contributed by atoms with E-state index in [9.17, 15) is 14.4 Å². The van der Waals surface area contributed by atoms with Gasteiger partial charge in [-0.05, 0) is 43.0 Å². The fraction of sp³-hybridized carbons (Fsp3) is 0.550. The summed E-state index contributed by atoms with van der Waals surface area (Å²) in [5, 5.41) is 5.95. The standard InChI is InChI=1S/C20H26N4O3/c25-18-8-6-14-13-15(5-7-17(14)22-18)19(26)23-9-11-24(12-10-23)20(27)21-16-3-1-2-4-16/h5,7,13,16H,1-4,6,8-12H2,(H,21,27)(H,22,25). The van der Waals surface area contributed by atoms with Crippen molar-refractivity contribution >= 4 is 23.5 Å². The Balaban J connectivity index is 1.33. The minimum absolute atomic E-state index is 0.00137. The molecule has 2 heterocycles. The van der Waals surface area contributed by atoms with Crippen molar-refractivity contribution in [3.8, 4) is 0 Å². The molecule has 3 aliphatic rings. The Kier molecular flexibility index (Phi) is 5.01. The molecule has 0 atom stereocenters. The van der Waals surface area contributed by atoms with Gasteiger partial charge in [0.05, 0.1) is 0 Å². The van der Waals surface area contributed by atoms with Crippen LogP contribution in [0.15, 0.2) is 18.2 Å². The van der Waals surface area contributed by atoms with Crippen molar-refractivity contribution in [1.82, 2.24) is 15.1 Å². The van der Waals surface area contributed by atoms with Crippen molar-refractivity contribution in [2.45, 2.75) is 44.6 Å². The predicted octanol–water partition coefficient (Wildman–Crippen LogP) is 1.98. The van der Waals surface area contributed by atoms with Crippen LogP contribution in [0.25, 0.3) is 0 Å². The van der Waals surface area contributed by atoms with Crippen molar-refractivity contribution in [2.75, 3.05) is 31.5 Å². The van der Waals surface area contributed by atoms with E-state index in [0.29, 0.717) is 50.6 Å². The maximum Gasteiger partial charge on any atom is 0.317 e. The van der Waals surface area contributed by atoms with Crippen molar-refractivity contribution in [3.63, 3.8) is 0 Å². The minimum Gasteiger partial charge on any atom is -0.335 e. The third-order valence-electron chi connectivity index (χ3n) is 5.78. The summed E-state index contributed by atoms with van der Waals surface area (Å²) < 4.78 is 0. The van der Waals surface area contributed by atoms with Crippen LogP contribution in [0.5, 0.6) is 0 Å². The van der Waals surface area contributed by atoms with Crippen molar-refractivity contribution in [2.24, 2.45) is 0 Å². The molecule has 0 bridgehead atoms. The number of rotatable bonds is 2. The molecule has 7 heteroatoms. The Morgan fingerprint density at radius 3 is 2.44 bits per heavy atom. The molecule has 4 amide bonds. The van der Waals surface area contributed by atoms with Crippen molar-refractivity contribution in [1.29, 1.82) is 0 Å². The van der Waals surface area contributed by atoms with Gasteiger partial charge in [-0.1, -0.05) is 12.8 Å². The van der Waals surface area contributed by atoms with Crippen molar-refractivity contribution in [3.05, 3.63) is 29.3 Å². The van der Waals surface area contributed by atoms with Gasteiger partial charge >= 0.3 is 6.03 Å². The monoisotopic (exact) mass is 370 g/mol. The molecule has 7 nitrogen and oxygen atoms in total. The third kappa shape index (κ3) is 3.91. The highest BCUT2D eigenvalue weighted by molar-refractivity contribution is 5.98. The fourth-order valence-electron chi connectivity index (χ4n) is 4.15. The second-order valence-electron chi connectivity index (χ2n) is 7.63. The number of aryl methyl sites for hydroxylation is 1. The molecule has 1 aromatic carbocycles. The van der Waals surface area contributed by atoms with Gasteiger partial charge in [-0.25, -0.2) is 4.79 Å². The van der Waals surface area contributed by atoms with Crippen LogP contribution in [0, 0.1) is 0 Å². The van der Waals surface area contributed by atoms with Gasteiger partial charge in [0, 0.05) is 49.9 Å². The number of fused-ring (bicyclic) bond motifs is 1. The van der Waals surface area contributed by atoms with Crippen LogP contribution >= 0.6 is 0 Å². The van der Waals surface area contributed by atoms with E-state index >= 15 is 0 Å². The van der Waals surface area contributed by atoms with Crippen LogP contribution in [0.3, 0.4) is 0 Å². The molecule has 0 unspecified atom stereocenters. The quantitative estimate of drug-likeness (QED) is 0.835. The highest BCUT2D eigenvalue weighted by atomic mass is 16.2. The van der Waals surface area contributed by atoms with Gasteiger partial charge in [-0.2, -0.15) is 0 Å². The summed E-state index contributed by atoms with van der Waals surface area (Å²) >= 11 is 0. The summed E-state index contributed by atoms with van der Waals surface area (Å²) in [6.07, 6.45) is 5.65. The lowest BCUT2D eigenvalue weighted by molar-refractivity contribution is -0.116. The zero-order chi connectivity index (χ0) is 18.8. The van der Waals surface area contributed by atoms with Crippen LogP contribution in [-0.4, -0.2) is 59.9 Å². The molecular formula is C20H26N4O3. The maximum atomic E-state index is 12.8. The Labute approximate surface area is 159 Å². The number of hydrogen-bond acceptors (Lipinski definition) is 3. The molecule has 144 valence electrons. The summed E-state index contributed by atoms with van der Waals surface area (Å²) in [6, 6.07) is 5.78. The zero-order valence-electron chi connectivity index (χ0n) is 15.5. The largest absolute Gasteiger partial charge is 0.335 e. The Morgan fingerprint density at radius 1 is 1.00 bits per heavy atom. The molecule has 2 fully saturated rings. The maximum absolute atomic E-state index is 12.8. The molecule has 0 radical (unpaired) electrons. The summed E-state index contributed by atoms with van der Waals surface area (Å²) in [4.78, 5) is 40.3. The van der Waals surface area contributed by atoms with Gasteiger partial charge in [0.15, 0.2) is 0 Å². The second kappa shape index (κ2) is 7.58. The van der Waals surface area contributed by atoms with Gasteiger partial charge in [0.2, 0.25) is 5.91 Å². The molecular weight excluding hydrogens is 344 g/mol. The first-order valence-corrected chi connectivity index (χ1v) is 9.87. The van der Waals surface area contributed by atoms with E-state index in [1.165, 1.54) is 12.8 Å². The second-order valence-corrected chi connectivity index (χ2v) is 7.63. The first-order chi connectivity index (χ1) is 13.1. The first-order valence-electron chi connectivity index (χ1n) is 9.87. The number of carbonyl (C=O) groups excluding carboxylic acids is 3. The highest BCUT2D eigenvalue weighted by Crippen LogP contribution is 2.24. The number of nitrogens with zero attached hydrogens (tertiary/aromatic N) is 2. The molecule has 0 spiro atoms. The SMILES string of the molecule is O=C1CCc2cc(C(=O)N3CCN(C(=O)NC4CCCC4)CC3)ccc2N1. The molecule has 1 saturated carbocycles. The molecule has 2 aliphatic heterocycles. The third-order valence-corrected chi connectivity index (χ3v) is 5.78. The smallest absolute Gasteiger partial charge is 0.317 e. The van der Waals surface area contributed by atoms with Crippen LogP contribution in [0.2, 0.25) is 0 Å². The van der Waals surface area contributed by atoms with Gasteiger partial charge in [0.25, 0.3) is 5.91 Å².